The molecule has 2 rings (SSSR count). The second-order valence-corrected chi connectivity index (χ2v) is 5.52. The first-order chi connectivity index (χ1) is 8.69. The van der Waals surface area contributed by atoms with Gasteiger partial charge in [0.25, 0.3) is 0 Å². The maximum Gasteiger partial charge on any atom is 0.151 e. The smallest absolute Gasteiger partial charge is 0.151 e. The summed E-state index contributed by atoms with van der Waals surface area (Å²) in [4.78, 5) is 4.31. The predicted octanol–water partition coefficient (Wildman–Crippen LogP) is 4.23. The van der Waals surface area contributed by atoms with Crippen LogP contribution in [-0.2, 0) is 5.88 Å². The van der Waals surface area contributed by atoms with E-state index in [1.807, 2.05) is 17.8 Å². The molecule has 1 aromatic heterocycles. The van der Waals surface area contributed by atoms with Crippen LogP contribution in [0.25, 0.3) is 11.0 Å². The highest BCUT2D eigenvalue weighted by Gasteiger charge is 2.16. The fourth-order valence-corrected chi connectivity index (χ4v) is 2.90. The van der Waals surface area contributed by atoms with Crippen molar-refractivity contribution in [2.45, 2.75) is 25.3 Å². The van der Waals surface area contributed by atoms with Crippen LogP contribution in [0.15, 0.2) is 18.2 Å². The minimum Gasteiger partial charge on any atom is -0.324 e. The van der Waals surface area contributed by atoms with Crippen LogP contribution < -0.4 is 0 Å². The van der Waals surface area contributed by atoms with Gasteiger partial charge in [-0.3, -0.25) is 0 Å². The first kappa shape index (κ1) is 13.7. The molecule has 1 atom stereocenters. The van der Waals surface area contributed by atoms with Crippen LogP contribution in [-0.4, -0.2) is 21.6 Å². The molecule has 18 heavy (non-hydrogen) atoms. The van der Waals surface area contributed by atoms with E-state index in [0.29, 0.717) is 11.4 Å². The van der Waals surface area contributed by atoms with Crippen molar-refractivity contribution in [2.24, 2.45) is 0 Å². The molecule has 0 aliphatic heterocycles. The average molecular weight is 287 g/mol. The predicted molar refractivity (Wildman–Crippen MR) is 77.0 cm³/mol. The minimum atomic E-state index is -0.283. The maximum atomic E-state index is 13.7. The molecule has 2 nitrogen and oxygen atoms in total. The Labute approximate surface area is 116 Å². The van der Waals surface area contributed by atoms with E-state index in [9.17, 15) is 4.39 Å². The van der Waals surface area contributed by atoms with Crippen molar-refractivity contribution < 1.29 is 4.39 Å². The lowest BCUT2D eigenvalue weighted by molar-refractivity contribution is 0.534. The molecular weight excluding hydrogens is 271 g/mol. The summed E-state index contributed by atoms with van der Waals surface area (Å²) in [6, 6.07) is 5.33. The maximum absolute atomic E-state index is 13.7. The van der Waals surface area contributed by atoms with Gasteiger partial charge in [0.05, 0.1) is 11.4 Å². The molecular formula is C13H16ClFN2S. The largest absolute Gasteiger partial charge is 0.324 e. The van der Waals surface area contributed by atoms with Crippen molar-refractivity contribution in [3.05, 3.63) is 29.8 Å². The fraction of sp³-hybridized carbons (Fsp3) is 0.462. The second kappa shape index (κ2) is 5.93. The Hall–Kier alpha value is -0.740. The van der Waals surface area contributed by atoms with Crippen LogP contribution in [0.1, 0.15) is 25.2 Å². The third-order valence-corrected chi connectivity index (χ3v) is 3.93. The van der Waals surface area contributed by atoms with Crippen molar-refractivity contribution in [1.82, 2.24) is 9.55 Å². The number of thioether (sulfide) groups is 1. The normalized spacial score (nSPS) is 13.1. The van der Waals surface area contributed by atoms with E-state index >= 15 is 0 Å². The number of hydrogen-bond acceptors (Lipinski definition) is 2. The summed E-state index contributed by atoms with van der Waals surface area (Å²) in [6.07, 6.45) is 3.11. The quantitative estimate of drug-likeness (QED) is 0.766. The molecule has 1 heterocycles. The Morgan fingerprint density at radius 3 is 2.94 bits per heavy atom. The van der Waals surface area contributed by atoms with Gasteiger partial charge in [-0.1, -0.05) is 6.07 Å². The monoisotopic (exact) mass is 286 g/mol. The molecule has 0 spiro atoms. The number of fused-ring (bicyclic) bond motifs is 1. The molecule has 0 bridgehead atoms. The summed E-state index contributed by atoms with van der Waals surface area (Å²) in [7, 11) is 0. The second-order valence-electron chi connectivity index (χ2n) is 4.27. The number of halogens is 2. The molecule has 0 saturated heterocycles. The van der Waals surface area contributed by atoms with Crippen molar-refractivity contribution in [3.8, 4) is 0 Å². The molecule has 1 aromatic carbocycles. The van der Waals surface area contributed by atoms with Crippen LogP contribution in [0.2, 0.25) is 0 Å². The topological polar surface area (TPSA) is 17.8 Å². The van der Waals surface area contributed by atoms with Gasteiger partial charge in [-0.2, -0.15) is 11.8 Å². The van der Waals surface area contributed by atoms with Gasteiger partial charge in [-0.05, 0) is 37.5 Å². The lowest BCUT2D eigenvalue weighted by atomic mass is 10.2. The number of hydrogen-bond donors (Lipinski definition) is 0. The van der Waals surface area contributed by atoms with E-state index in [1.165, 1.54) is 6.07 Å². The highest BCUT2D eigenvalue weighted by Crippen LogP contribution is 2.26. The molecule has 0 amide bonds. The van der Waals surface area contributed by atoms with Crippen molar-refractivity contribution in [2.75, 3.05) is 12.0 Å². The Morgan fingerprint density at radius 1 is 1.50 bits per heavy atom. The zero-order chi connectivity index (χ0) is 13.1. The number of benzene rings is 1. The molecule has 98 valence electrons. The van der Waals surface area contributed by atoms with Gasteiger partial charge in [0.2, 0.25) is 0 Å². The molecule has 0 fully saturated rings. The SMILES string of the molecule is CSCCC(C)n1c(CCl)nc2c(F)cccc21. The standard InChI is InChI=1S/C13H16ClFN2S/c1-9(6-7-18-2)17-11-5-3-4-10(15)13(11)16-12(17)8-14/h3-5,9H,6-8H2,1-2H3. The van der Waals surface area contributed by atoms with Gasteiger partial charge >= 0.3 is 0 Å². The highest BCUT2D eigenvalue weighted by molar-refractivity contribution is 7.98. The lowest BCUT2D eigenvalue weighted by Crippen LogP contribution is -2.09. The van der Waals surface area contributed by atoms with Crippen molar-refractivity contribution in [3.63, 3.8) is 0 Å². The van der Waals surface area contributed by atoms with Gasteiger partial charge < -0.3 is 4.57 Å². The molecule has 0 radical (unpaired) electrons. The van der Waals surface area contributed by atoms with Gasteiger partial charge in [0.15, 0.2) is 5.82 Å². The zero-order valence-corrected chi connectivity index (χ0v) is 12.1. The summed E-state index contributed by atoms with van der Waals surface area (Å²) in [5.74, 6) is 1.83. The van der Waals surface area contributed by atoms with E-state index in [-0.39, 0.29) is 11.9 Å². The third kappa shape index (κ3) is 2.50. The van der Waals surface area contributed by atoms with Gasteiger partial charge in [0.1, 0.15) is 11.3 Å². The third-order valence-electron chi connectivity index (χ3n) is 3.04. The van der Waals surface area contributed by atoms with Crippen molar-refractivity contribution >= 4 is 34.4 Å². The molecule has 2 aromatic rings. The molecule has 5 heteroatoms. The zero-order valence-electron chi connectivity index (χ0n) is 10.5. The number of alkyl halides is 1. The number of rotatable bonds is 5. The van der Waals surface area contributed by atoms with E-state index in [0.717, 1.165) is 23.5 Å². The molecule has 0 N–H and O–H groups in total. The Morgan fingerprint density at radius 2 is 2.28 bits per heavy atom. The van der Waals surface area contributed by atoms with Gasteiger partial charge in [0, 0.05) is 6.04 Å². The number of aromatic nitrogens is 2. The number of para-hydroxylation sites is 1. The molecule has 0 saturated carbocycles. The summed E-state index contributed by atoms with van der Waals surface area (Å²) in [6.45, 7) is 2.12. The van der Waals surface area contributed by atoms with Gasteiger partial charge in [-0.15, -0.1) is 11.6 Å². The number of imidazole rings is 1. The summed E-state index contributed by atoms with van der Waals surface area (Å²) >= 11 is 7.73. The first-order valence-corrected chi connectivity index (χ1v) is 7.82. The number of nitrogens with zero attached hydrogens (tertiary/aromatic N) is 2. The Kier molecular flexibility index (Phi) is 4.51. The molecule has 1 unspecified atom stereocenters. The van der Waals surface area contributed by atoms with Gasteiger partial charge in [-0.25, -0.2) is 9.37 Å². The van der Waals surface area contributed by atoms with Crippen LogP contribution in [0.4, 0.5) is 4.39 Å². The fourth-order valence-electron chi connectivity index (χ4n) is 2.13. The molecule has 0 aliphatic carbocycles. The summed E-state index contributed by atoms with van der Waals surface area (Å²) < 4.78 is 15.8. The lowest BCUT2D eigenvalue weighted by Gasteiger charge is -2.16. The molecule has 0 aliphatic rings. The van der Waals surface area contributed by atoms with Crippen LogP contribution >= 0.6 is 23.4 Å². The Balaban J connectivity index is 2.50. The van der Waals surface area contributed by atoms with E-state index < -0.39 is 0 Å². The van der Waals surface area contributed by atoms with E-state index in [4.69, 9.17) is 11.6 Å². The highest BCUT2D eigenvalue weighted by atomic mass is 35.5. The first-order valence-electron chi connectivity index (χ1n) is 5.89. The minimum absolute atomic E-state index is 0.276. The van der Waals surface area contributed by atoms with Crippen molar-refractivity contribution in [1.29, 1.82) is 0 Å². The van der Waals surface area contributed by atoms with Crippen LogP contribution in [0, 0.1) is 5.82 Å². The summed E-state index contributed by atoms with van der Waals surface area (Å²) in [5.41, 5.74) is 1.25. The average Bonchev–Trinajstić information content (AvgIpc) is 2.76. The summed E-state index contributed by atoms with van der Waals surface area (Å²) in [5, 5.41) is 0. The van der Waals surface area contributed by atoms with E-state index in [1.54, 1.807) is 6.07 Å². The van der Waals surface area contributed by atoms with Crippen LogP contribution in [0.3, 0.4) is 0 Å². The van der Waals surface area contributed by atoms with E-state index in [2.05, 4.69) is 22.7 Å². The van der Waals surface area contributed by atoms with Crippen LogP contribution in [0.5, 0.6) is 0 Å². The Bertz CT molecular complexity index is 541.